The van der Waals surface area contributed by atoms with E-state index in [1.165, 1.54) is 36.9 Å². The summed E-state index contributed by atoms with van der Waals surface area (Å²) in [7, 11) is 1.43. The molecule has 11 heteroatoms. The summed E-state index contributed by atoms with van der Waals surface area (Å²) >= 11 is 1.18. The molecule has 0 aliphatic carbocycles. The molecule has 2 aromatic carbocycles. The lowest BCUT2D eigenvalue weighted by Gasteiger charge is -2.25. The molecule has 0 unspecified atom stereocenters. The Hall–Kier alpha value is -4.51. The number of esters is 3. The predicted octanol–water partition coefficient (Wildman–Crippen LogP) is 3.29. The maximum absolute atomic E-state index is 13.9. The SMILES string of the molecule is COc1cc([C@@H]2C(C(=O)OCC(C)C)=C(C)N=c3s/c(=C/c4ccc(OC(C)=O)cc4)c(=O)n32)ccc1OC(C)=O. The van der Waals surface area contributed by atoms with Gasteiger partial charge in [-0.1, -0.05) is 43.4 Å². The van der Waals surface area contributed by atoms with Gasteiger partial charge in [0.1, 0.15) is 5.75 Å². The molecule has 2 heterocycles. The number of benzene rings is 2. The molecule has 0 amide bonds. The quantitative estimate of drug-likeness (QED) is 0.295. The molecule has 0 radical (unpaired) electrons. The number of rotatable bonds is 8. The van der Waals surface area contributed by atoms with Gasteiger partial charge in [-0.15, -0.1) is 0 Å². The van der Waals surface area contributed by atoms with Crippen LogP contribution in [0.2, 0.25) is 0 Å². The van der Waals surface area contributed by atoms with Gasteiger partial charge in [0.25, 0.3) is 5.56 Å². The number of hydrogen-bond donors (Lipinski definition) is 0. The first-order valence-electron chi connectivity index (χ1n) is 12.8. The van der Waals surface area contributed by atoms with Crippen molar-refractivity contribution in [2.75, 3.05) is 13.7 Å². The Bertz CT molecular complexity index is 1710. The lowest BCUT2D eigenvalue weighted by Crippen LogP contribution is -2.40. The third kappa shape index (κ3) is 6.63. The highest BCUT2D eigenvalue weighted by atomic mass is 32.1. The van der Waals surface area contributed by atoms with Crippen LogP contribution in [0.4, 0.5) is 0 Å². The van der Waals surface area contributed by atoms with Crippen molar-refractivity contribution >= 4 is 35.3 Å². The van der Waals surface area contributed by atoms with Gasteiger partial charge in [-0.05, 0) is 54.3 Å². The molecule has 0 bridgehead atoms. The van der Waals surface area contributed by atoms with E-state index in [9.17, 15) is 19.2 Å². The van der Waals surface area contributed by atoms with Crippen molar-refractivity contribution in [1.82, 2.24) is 4.57 Å². The summed E-state index contributed by atoms with van der Waals surface area (Å²) in [6.07, 6.45) is 1.71. The summed E-state index contributed by atoms with van der Waals surface area (Å²) in [6, 6.07) is 10.7. The third-order valence-corrected chi connectivity index (χ3v) is 6.97. The number of hydrogen-bond acceptors (Lipinski definition) is 10. The van der Waals surface area contributed by atoms with Crippen LogP contribution in [0.5, 0.6) is 17.2 Å². The zero-order valence-corrected chi connectivity index (χ0v) is 24.4. The van der Waals surface area contributed by atoms with E-state index < -0.39 is 23.9 Å². The van der Waals surface area contributed by atoms with Crippen molar-refractivity contribution in [3.63, 3.8) is 0 Å². The second-order valence-corrected chi connectivity index (χ2v) is 10.7. The van der Waals surface area contributed by atoms with Crippen LogP contribution in [-0.4, -0.2) is 36.2 Å². The Morgan fingerprint density at radius 2 is 1.71 bits per heavy atom. The van der Waals surface area contributed by atoms with Gasteiger partial charge in [-0.2, -0.15) is 0 Å². The second kappa shape index (κ2) is 12.3. The minimum absolute atomic E-state index is 0.106. The van der Waals surface area contributed by atoms with E-state index in [-0.39, 0.29) is 35.2 Å². The van der Waals surface area contributed by atoms with Gasteiger partial charge in [-0.25, -0.2) is 9.79 Å². The van der Waals surface area contributed by atoms with Crippen molar-refractivity contribution < 1.29 is 33.3 Å². The Labute approximate surface area is 240 Å². The normalized spacial score (nSPS) is 14.8. The summed E-state index contributed by atoms with van der Waals surface area (Å²) in [5.74, 6) is -0.559. The molecule has 1 aliphatic rings. The number of carbonyl (C=O) groups excluding carboxylic acids is 3. The molecule has 1 aliphatic heterocycles. The number of allylic oxidation sites excluding steroid dienone is 1. The van der Waals surface area contributed by atoms with E-state index >= 15 is 0 Å². The summed E-state index contributed by atoms with van der Waals surface area (Å²) in [4.78, 5) is 55.1. The highest BCUT2D eigenvalue weighted by Gasteiger charge is 2.34. The Morgan fingerprint density at radius 1 is 1.02 bits per heavy atom. The van der Waals surface area contributed by atoms with Gasteiger partial charge in [-0.3, -0.25) is 19.0 Å². The van der Waals surface area contributed by atoms with Gasteiger partial charge in [0.15, 0.2) is 16.3 Å². The van der Waals surface area contributed by atoms with E-state index in [0.717, 1.165) is 0 Å². The van der Waals surface area contributed by atoms with E-state index in [1.54, 1.807) is 55.5 Å². The largest absolute Gasteiger partial charge is 0.493 e. The number of methoxy groups -OCH3 is 1. The number of aromatic nitrogens is 1. The lowest BCUT2D eigenvalue weighted by atomic mass is 9.95. The molecular formula is C30H30N2O8S. The van der Waals surface area contributed by atoms with Crippen LogP contribution in [0.1, 0.15) is 51.8 Å². The molecule has 3 aromatic rings. The van der Waals surface area contributed by atoms with E-state index in [1.807, 2.05) is 13.8 Å². The van der Waals surface area contributed by atoms with Crippen molar-refractivity contribution in [1.29, 1.82) is 0 Å². The lowest BCUT2D eigenvalue weighted by molar-refractivity contribution is -0.140. The Kier molecular flexibility index (Phi) is 8.87. The first-order valence-corrected chi connectivity index (χ1v) is 13.6. The first kappa shape index (κ1) is 29.5. The van der Waals surface area contributed by atoms with Crippen LogP contribution in [0.25, 0.3) is 6.08 Å². The molecular weight excluding hydrogens is 548 g/mol. The standard InChI is InChI=1S/C30H30N2O8S/c1-16(2)15-38-29(36)26-17(3)31-30-32(27(26)21-9-12-23(40-19(5)34)24(14-21)37-6)28(35)25(41-30)13-20-7-10-22(11-8-20)39-18(4)33/h7-14,16,27H,15H2,1-6H3/b25-13+/t27-/m1/s1. The van der Waals surface area contributed by atoms with Gasteiger partial charge < -0.3 is 18.9 Å². The summed E-state index contributed by atoms with van der Waals surface area (Å²) in [5.41, 5.74) is 1.54. The minimum atomic E-state index is -0.875. The zero-order chi connectivity index (χ0) is 29.8. The van der Waals surface area contributed by atoms with Gasteiger partial charge in [0, 0.05) is 13.8 Å². The van der Waals surface area contributed by atoms with Crippen molar-refractivity contribution in [2.45, 2.75) is 40.7 Å². The third-order valence-electron chi connectivity index (χ3n) is 5.99. The number of ether oxygens (including phenoxy) is 4. The fourth-order valence-electron chi connectivity index (χ4n) is 4.26. The fraction of sp³-hybridized carbons (Fsp3) is 0.300. The van der Waals surface area contributed by atoms with Gasteiger partial charge in [0.05, 0.1) is 35.6 Å². The van der Waals surface area contributed by atoms with E-state index in [2.05, 4.69) is 4.99 Å². The van der Waals surface area contributed by atoms with Gasteiger partial charge >= 0.3 is 17.9 Å². The van der Waals surface area contributed by atoms with Crippen LogP contribution < -0.4 is 29.1 Å². The minimum Gasteiger partial charge on any atom is -0.493 e. The number of thiazole rings is 1. The molecule has 214 valence electrons. The zero-order valence-electron chi connectivity index (χ0n) is 23.5. The molecule has 0 spiro atoms. The summed E-state index contributed by atoms with van der Waals surface area (Å²) < 4.78 is 23.2. The van der Waals surface area contributed by atoms with Crippen molar-refractivity contribution in [2.24, 2.45) is 10.9 Å². The molecule has 1 atom stereocenters. The van der Waals surface area contributed by atoms with Crippen LogP contribution in [0.3, 0.4) is 0 Å². The maximum Gasteiger partial charge on any atom is 0.338 e. The molecule has 41 heavy (non-hydrogen) atoms. The monoisotopic (exact) mass is 578 g/mol. The highest BCUT2D eigenvalue weighted by molar-refractivity contribution is 7.07. The topological polar surface area (TPSA) is 122 Å². The number of nitrogens with zero attached hydrogens (tertiary/aromatic N) is 2. The van der Waals surface area contributed by atoms with Crippen molar-refractivity contribution in [3.05, 3.63) is 84.5 Å². The molecule has 0 N–H and O–H groups in total. The van der Waals surface area contributed by atoms with Crippen LogP contribution in [-0.2, 0) is 19.1 Å². The summed E-state index contributed by atoms with van der Waals surface area (Å²) in [6.45, 7) is 8.36. The van der Waals surface area contributed by atoms with Crippen LogP contribution in [0.15, 0.2) is 63.5 Å². The molecule has 0 fully saturated rings. The predicted molar refractivity (Wildman–Crippen MR) is 152 cm³/mol. The number of carbonyl (C=O) groups is 3. The fourth-order valence-corrected chi connectivity index (χ4v) is 5.31. The molecule has 4 rings (SSSR count). The Morgan fingerprint density at radius 3 is 2.32 bits per heavy atom. The summed E-state index contributed by atoms with van der Waals surface area (Å²) in [5, 5.41) is 0. The maximum atomic E-state index is 13.9. The highest BCUT2D eigenvalue weighted by Crippen LogP contribution is 2.36. The van der Waals surface area contributed by atoms with E-state index in [4.69, 9.17) is 18.9 Å². The van der Waals surface area contributed by atoms with Crippen LogP contribution in [0, 0.1) is 5.92 Å². The average molecular weight is 579 g/mol. The molecule has 10 nitrogen and oxygen atoms in total. The van der Waals surface area contributed by atoms with Crippen molar-refractivity contribution in [3.8, 4) is 17.2 Å². The average Bonchev–Trinajstić information content (AvgIpc) is 3.21. The smallest absolute Gasteiger partial charge is 0.338 e. The first-order chi connectivity index (χ1) is 19.5. The molecule has 0 saturated carbocycles. The van der Waals surface area contributed by atoms with E-state index in [0.29, 0.717) is 31.9 Å². The van der Waals surface area contributed by atoms with Crippen LogP contribution >= 0.6 is 11.3 Å². The number of fused-ring (bicyclic) bond motifs is 1. The molecule has 1 aromatic heterocycles. The van der Waals surface area contributed by atoms with Gasteiger partial charge in [0.2, 0.25) is 0 Å². The Balaban J connectivity index is 1.87. The second-order valence-electron chi connectivity index (χ2n) is 9.74. The molecule has 0 saturated heterocycles.